The van der Waals surface area contributed by atoms with Crippen molar-refractivity contribution in [2.75, 3.05) is 18.5 Å². The highest BCUT2D eigenvalue weighted by Gasteiger charge is 2.15. The van der Waals surface area contributed by atoms with E-state index >= 15 is 0 Å². The molecule has 2 aromatic carbocycles. The molecule has 0 radical (unpaired) electrons. The maximum Gasteiger partial charge on any atom is 0.129 e. The Morgan fingerprint density at radius 3 is 2.63 bits per heavy atom. The van der Waals surface area contributed by atoms with Crippen LogP contribution in [-0.2, 0) is 4.74 Å². The monoisotopic (exact) mass is 255 g/mol. The molecule has 0 aliphatic carbocycles. The molecule has 1 saturated heterocycles. The lowest BCUT2D eigenvalue weighted by Gasteiger charge is -2.13. The summed E-state index contributed by atoms with van der Waals surface area (Å²) in [6, 6.07) is 18.2. The predicted molar refractivity (Wildman–Crippen MR) is 75.8 cm³/mol. The Labute approximate surface area is 113 Å². The fraction of sp³-hybridized carbons (Fsp3) is 0.250. The van der Waals surface area contributed by atoms with Crippen molar-refractivity contribution in [1.82, 2.24) is 0 Å². The van der Waals surface area contributed by atoms with Crippen LogP contribution >= 0.6 is 0 Å². The first kappa shape index (κ1) is 12.1. The summed E-state index contributed by atoms with van der Waals surface area (Å²) < 4.78 is 11.2. The normalized spacial score (nSPS) is 18.2. The largest absolute Gasteiger partial charge is 0.457 e. The second kappa shape index (κ2) is 5.76. The molecular formula is C16H17NO2. The molecule has 2 aromatic rings. The Morgan fingerprint density at radius 1 is 1.00 bits per heavy atom. The molecule has 1 N–H and O–H groups in total. The van der Waals surface area contributed by atoms with E-state index in [4.69, 9.17) is 9.47 Å². The second-order valence-corrected chi connectivity index (χ2v) is 4.65. The summed E-state index contributed by atoms with van der Waals surface area (Å²) in [7, 11) is 0. The van der Waals surface area contributed by atoms with Crippen LogP contribution in [0.15, 0.2) is 54.6 Å². The van der Waals surface area contributed by atoms with E-state index in [0.717, 1.165) is 36.8 Å². The Hall–Kier alpha value is -2.00. The molecule has 98 valence electrons. The molecule has 3 heteroatoms. The van der Waals surface area contributed by atoms with Gasteiger partial charge in [0.2, 0.25) is 0 Å². The van der Waals surface area contributed by atoms with Gasteiger partial charge in [0.1, 0.15) is 11.5 Å². The van der Waals surface area contributed by atoms with Gasteiger partial charge < -0.3 is 14.8 Å². The summed E-state index contributed by atoms with van der Waals surface area (Å²) in [6.45, 7) is 1.63. The lowest BCUT2D eigenvalue weighted by atomic mass is 10.2. The van der Waals surface area contributed by atoms with Crippen LogP contribution < -0.4 is 10.1 Å². The molecule has 1 aliphatic heterocycles. The SMILES string of the molecule is c1ccc(Oc2cccc(NC3CCOC3)c2)cc1. The molecule has 0 amide bonds. The van der Waals surface area contributed by atoms with Crippen LogP contribution in [-0.4, -0.2) is 19.3 Å². The van der Waals surface area contributed by atoms with Gasteiger partial charge in [-0.25, -0.2) is 0 Å². The molecule has 1 fully saturated rings. The number of rotatable bonds is 4. The van der Waals surface area contributed by atoms with E-state index in [1.54, 1.807) is 0 Å². The molecule has 1 aliphatic rings. The first-order chi connectivity index (χ1) is 9.40. The lowest BCUT2D eigenvalue weighted by Crippen LogP contribution is -2.18. The van der Waals surface area contributed by atoms with Crippen molar-refractivity contribution in [3.63, 3.8) is 0 Å². The van der Waals surface area contributed by atoms with Crippen LogP contribution in [0.1, 0.15) is 6.42 Å². The predicted octanol–water partition coefficient (Wildman–Crippen LogP) is 3.68. The first-order valence-electron chi connectivity index (χ1n) is 6.57. The molecular weight excluding hydrogens is 238 g/mol. The molecule has 3 nitrogen and oxygen atoms in total. The van der Waals surface area contributed by atoms with Crippen LogP contribution in [0.2, 0.25) is 0 Å². The fourth-order valence-electron chi connectivity index (χ4n) is 2.16. The van der Waals surface area contributed by atoms with E-state index in [-0.39, 0.29) is 0 Å². The third-order valence-electron chi connectivity index (χ3n) is 3.11. The van der Waals surface area contributed by atoms with Crippen LogP contribution in [0.5, 0.6) is 11.5 Å². The maximum atomic E-state index is 5.81. The van der Waals surface area contributed by atoms with Crippen molar-refractivity contribution in [3.05, 3.63) is 54.6 Å². The van der Waals surface area contributed by atoms with Gasteiger partial charge in [-0.2, -0.15) is 0 Å². The van der Waals surface area contributed by atoms with Crippen LogP contribution in [0, 0.1) is 0 Å². The number of hydrogen-bond donors (Lipinski definition) is 1. The summed E-state index contributed by atoms with van der Waals surface area (Å²) in [5, 5.41) is 3.46. The molecule has 19 heavy (non-hydrogen) atoms. The van der Waals surface area contributed by atoms with Gasteiger partial charge in [0.05, 0.1) is 12.6 Å². The van der Waals surface area contributed by atoms with Gasteiger partial charge in [-0.15, -0.1) is 0 Å². The van der Waals surface area contributed by atoms with E-state index in [1.165, 1.54) is 0 Å². The molecule has 1 heterocycles. The summed E-state index contributed by atoms with van der Waals surface area (Å²) in [6.07, 6.45) is 1.06. The van der Waals surface area contributed by atoms with Crippen molar-refractivity contribution in [2.45, 2.75) is 12.5 Å². The summed E-state index contributed by atoms with van der Waals surface area (Å²) in [5.74, 6) is 1.69. The lowest BCUT2D eigenvalue weighted by molar-refractivity contribution is 0.195. The zero-order valence-corrected chi connectivity index (χ0v) is 10.7. The van der Waals surface area contributed by atoms with Crippen molar-refractivity contribution in [2.24, 2.45) is 0 Å². The number of anilines is 1. The van der Waals surface area contributed by atoms with Crippen LogP contribution in [0.25, 0.3) is 0 Å². The molecule has 3 rings (SSSR count). The van der Waals surface area contributed by atoms with Gasteiger partial charge in [0.25, 0.3) is 0 Å². The number of benzene rings is 2. The van der Waals surface area contributed by atoms with Crippen molar-refractivity contribution < 1.29 is 9.47 Å². The number of ether oxygens (including phenoxy) is 2. The van der Waals surface area contributed by atoms with Crippen molar-refractivity contribution in [3.8, 4) is 11.5 Å². The average molecular weight is 255 g/mol. The van der Waals surface area contributed by atoms with Crippen molar-refractivity contribution >= 4 is 5.69 Å². The van der Waals surface area contributed by atoms with Gasteiger partial charge in [-0.1, -0.05) is 24.3 Å². The summed E-state index contributed by atoms with van der Waals surface area (Å²) in [4.78, 5) is 0. The van der Waals surface area contributed by atoms with E-state index in [1.807, 2.05) is 48.5 Å². The van der Waals surface area contributed by atoms with E-state index in [2.05, 4.69) is 11.4 Å². The minimum absolute atomic E-state index is 0.409. The molecule has 1 atom stereocenters. The maximum absolute atomic E-state index is 5.81. The smallest absolute Gasteiger partial charge is 0.129 e. The highest BCUT2D eigenvalue weighted by Crippen LogP contribution is 2.24. The second-order valence-electron chi connectivity index (χ2n) is 4.65. The van der Waals surface area contributed by atoms with Gasteiger partial charge in [0.15, 0.2) is 0 Å². The zero-order valence-electron chi connectivity index (χ0n) is 10.7. The van der Waals surface area contributed by atoms with E-state index in [9.17, 15) is 0 Å². The minimum Gasteiger partial charge on any atom is -0.457 e. The quantitative estimate of drug-likeness (QED) is 0.904. The molecule has 0 spiro atoms. The number of hydrogen-bond acceptors (Lipinski definition) is 3. The Balaban J connectivity index is 1.69. The first-order valence-corrected chi connectivity index (χ1v) is 6.57. The highest BCUT2D eigenvalue weighted by molar-refractivity contribution is 5.49. The zero-order chi connectivity index (χ0) is 12.9. The molecule has 1 unspecified atom stereocenters. The topological polar surface area (TPSA) is 30.5 Å². The van der Waals surface area contributed by atoms with Gasteiger partial charge in [-0.3, -0.25) is 0 Å². The summed E-state index contributed by atoms with van der Waals surface area (Å²) >= 11 is 0. The third kappa shape index (κ3) is 3.26. The van der Waals surface area contributed by atoms with Crippen molar-refractivity contribution in [1.29, 1.82) is 0 Å². The van der Waals surface area contributed by atoms with Gasteiger partial charge in [0, 0.05) is 18.4 Å². The molecule has 0 saturated carbocycles. The van der Waals surface area contributed by atoms with Gasteiger partial charge in [-0.05, 0) is 30.7 Å². The average Bonchev–Trinajstić information content (AvgIpc) is 2.93. The minimum atomic E-state index is 0.409. The Morgan fingerprint density at radius 2 is 1.84 bits per heavy atom. The Bertz CT molecular complexity index is 521. The van der Waals surface area contributed by atoms with E-state index < -0.39 is 0 Å². The molecule has 0 bridgehead atoms. The van der Waals surface area contributed by atoms with E-state index in [0.29, 0.717) is 6.04 Å². The number of para-hydroxylation sites is 1. The van der Waals surface area contributed by atoms with Crippen LogP contribution in [0.4, 0.5) is 5.69 Å². The highest BCUT2D eigenvalue weighted by atomic mass is 16.5. The third-order valence-corrected chi connectivity index (χ3v) is 3.11. The fourth-order valence-corrected chi connectivity index (χ4v) is 2.16. The van der Waals surface area contributed by atoms with Gasteiger partial charge >= 0.3 is 0 Å². The summed E-state index contributed by atoms with van der Waals surface area (Å²) in [5.41, 5.74) is 1.07. The van der Waals surface area contributed by atoms with Crippen LogP contribution in [0.3, 0.4) is 0 Å². The standard InChI is InChI=1S/C16H17NO2/c1-2-6-15(7-3-1)19-16-8-4-5-13(11-16)17-14-9-10-18-12-14/h1-8,11,14,17H,9-10,12H2. The number of nitrogens with one attached hydrogen (secondary N) is 1. The molecule has 0 aromatic heterocycles. The Kier molecular flexibility index (Phi) is 3.65.